The summed E-state index contributed by atoms with van der Waals surface area (Å²) >= 11 is 0. The zero-order valence-corrected chi connectivity index (χ0v) is 8.20. The summed E-state index contributed by atoms with van der Waals surface area (Å²) in [6, 6.07) is 3.61. The van der Waals surface area contributed by atoms with Crippen molar-refractivity contribution >= 4 is 0 Å². The monoisotopic (exact) mass is 204 g/mol. The average molecular weight is 204 g/mol. The lowest BCUT2D eigenvalue weighted by molar-refractivity contribution is 0.323. The molecule has 0 saturated heterocycles. The first-order valence-corrected chi connectivity index (χ1v) is 4.72. The largest absolute Gasteiger partial charge is 0.483 e. The second kappa shape index (κ2) is 2.82. The highest BCUT2D eigenvalue weighted by atomic mass is 19.1. The summed E-state index contributed by atoms with van der Waals surface area (Å²) in [5, 5.41) is 0. The number of hydrogen-bond acceptors (Lipinski definition) is 2. The van der Waals surface area contributed by atoms with Crippen LogP contribution in [0.25, 0.3) is 5.69 Å². The Hall–Kier alpha value is -1.84. The number of rotatable bonds is 1. The predicted octanol–water partition coefficient (Wildman–Crippen LogP) is 2.21. The SMILES string of the molecule is Cc1nccn1-c1ccc2c(F)c1OC2. The molecule has 0 amide bonds. The minimum atomic E-state index is -0.249. The van der Waals surface area contributed by atoms with Crippen LogP contribution in [0.5, 0.6) is 5.75 Å². The lowest BCUT2D eigenvalue weighted by atomic mass is 10.2. The Morgan fingerprint density at radius 1 is 1.47 bits per heavy atom. The van der Waals surface area contributed by atoms with Gasteiger partial charge in [-0.25, -0.2) is 9.37 Å². The quantitative estimate of drug-likeness (QED) is 0.712. The zero-order chi connectivity index (χ0) is 10.4. The van der Waals surface area contributed by atoms with Crippen LogP contribution in [-0.2, 0) is 6.61 Å². The van der Waals surface area contributed by atoms with E-state index in [9.17, 15) is 4.39 Å². The van der Waals surface area contributed by atoms with Crippen molar-refractivity contribution in [1.82, 2.24) is 9.55 Å². The third-order valence-electron chi connectivity index (χ3n) is 2.61. The number of ether oxygens (including phenoxy) is 1. The van der Waals surface area contributed by atoms with Gasteiger partial charge in [-0.05, 0) is 13.0 Å². The van der Waals surface area contributed by atoms with Crippen LogP contribution in [0.3, 0.4) is 0 Å². The van der Waals surface area contributed by atoms with Gasteiger partial charge in [0.05, 0.1) is 5.69 Å². The van der Waals surface area contributed by atoms with Crippen LogP contribution in [0, 0.1) is 12.7 Å². The summed E-state index contributed by atoms with van der Waals surface area (Å²) in [7, 11) is 0. The normalized spacial score (nSPS) is 12.9. The van der Waals surface area contributed by atoms with Crippen LogP contribution in [0.1, 0.15) is 11.4 Å². The molecule has 76 valence electrons. The fraction of sp³-hybridized carbons (Fsp3) is 0.182. The van der Waals surface area contributed by atoms with Gasteiger partial charge in [-0.1, -0.05) is 6.07 Å². The summed E-state index contributed by atoms with van der Waals surface area (Å²) < 4.78 is 20.7. The van der Waals surface area contributed by atoms with Gasteiger partial charge in [-0.3, -0.25) is 0 Å². The van der Waals surface area contributed by atoms with Crippen LogP contribution in [-0.4, -0.2) is 9.55 Å². The third kappa shape index (κ3) is 1.08. The Balaban J connectivity index is 2.25. The van der Waals surface area contributed by atoms with Crippen LogP contribution in [0.2, 0.25) is 0 Å². The van der Waals surface area contributed by atoms with Crippen molar-refractivity contribution in [1.29, 1.82) is 0 Å². The predicted molar refractivity (Wildman–Crippen MR) is 52.6 cm³/mol. The van der Waals surface area contributed by atoms with E-state index in [1.165, 1.54) is 0 Å². The van der Waals surface area contributed by atoms with E-state index in [0.717, 1.165) is 5.82 Å². The first-order chi connectivity index (χ1) is 7.27. The Morgan fingerprint density at radius 3 is 3.07 bits per heavy atom. The molecule has 1 aliphatic heterocycles. The van der Waals surface area contributed by atoms with Gasteiger partial charge < -0.3 is 9.30 Å². The van der Waals surface area contributed by atoms with Gasteiger partial charge in [0.25, 0.3) is 0 Å². The van der Waals surface area contributed by atoms with Gasteiger partial charge in [-0.15, -0.1) is 0 Å². The van der Waals surface area contributed by atoms with Crippen molar-refractivity contribution < 1.29 is 9.13 Å². The van der Waals surface area contributed by atoms with Crippen LogP contribution in [0.15, 0.2) is 24.5 Å². The van der Waals surface area contributed by atoms with Crippen molar-refractivity contribution in [3.05, 3.63) is 41.7 Å². The summed E-state index contributed by atoms with van der Waals surface area (Å²) in [4.78, 5) is 4.10. The topological polar surface area (TPSA) is 27.1 Å². The van der Waals surface area contributed by atoms with E-state index >= 15 is 0 Å². The lowest BCUT2D eigenvalue weighted by Crippen LogP contribution is -1.97. The van der Waals surface area contributed by atoms with E-state index in [1.54, 1.807) is 18.5 Å². The minimum absolute atomic E-state index is 0.249. The number of halogens is 1. The van der Waals surface area contributed by atoms with E-state index < -0.39 is 0 Å². The van der Waals surface area contributed by atoms with Crippen molar-refractivity contribution in [2.24, 2.45) is 0 Å². The molecular weight excluding hydrogens is 195 g/mol. The minimum Gasteiger partial charge on any atom is -0.483 e. The Labute approximate surface area is 86.1 Å². The van der Waals surface area contributed by atoms with Crippen LogP contribution >= 0.6 is 0 Å². The molecule has 4 heteroatoms. The van der Waals surface area contributed by atoms with Gasteiger partial charge in [0, 0.05) is 18.0 Å². The van der Waals surface area contributed by atoms with E-state index in [-0.39, 0.29) is 5.82 Å². The van der Waals surface area contributed by atoms with Gasteiger partial charge >= 0.3 is 0 Å². The standard InChI is InChI=1S/C11H9FN2O/c1-7-13-4-5-14(7)9-3-2-8-6-15-11(9)10(8)12/h2-5H,6H2,1H3. The molecule has 0 spiro atoms. The molecule has 0 atom stereocenters. The second-order valence-corrected chi connectivity index (χ2v) is 3.52. The first kappa shape index (κ1) is 8.47. The van der Waals surface area contributed by atoms with Crippen LogP contribution in [0.4, 0.5) is 4.39 Å². The second-order valence-electron chi connectivity index (χ2n) is 3.52. The molecule has 0 N–H and O–H groups in total. The molecule has 0 radical (unpaired) electrons. The Bertz CT molecular complexity index is 533. The van der Waals surface area contributed by atoms with Crippen molar-refractivity contribution in [2.45, 2.75) is 13.5 Å². The molecule has 1 aromatic carbocycles. The summed E-state index contributed by atoms with van der Waals surface area (Å²) in [5.74, 6) is 0.892. The van der Waals surface area contributed by atoms with Crippen LogP contribution < -0.4 is 4.74 Å². The molecule has 1 aliphatic rings. The Morgan fingerprint density at radius 2 is 2.33 bits per heavy atom. The molecule has 2 heterocycles. The maximum absolute atomic E-state index is 13.6. The Kier molecular flexibility index (Phi) is 1.59. The number of nitrogens with zero attached hydrogens (tertiary/aromatic N) is 2. The average Bonchev–Trinajstić information content (AvgIpc) is 2.72. The zero-order valence-electron chi connectivity index (χ0n) is 8.20. The van der Waals surface area contributed by atoms with Crippen molar-refractivity contribution in [2.75, 3.05) is 0 Å². The molecule has 15 heavy (non-hydrogen) atoms. The van der Waals surface area contributed by atoms with E-state index in [4.69, 9.17) is 4.74 Å². The summed E-state index contributed by atoms with van der Waals surface area (Å²) in [6.45, 7) is 2.20. The molecule has 0 fully saturated rings. The van der Waals surface area contributed by atoms with E-state index in [2.05, 4.69) is 4.98 Å². The van der Waals surface area contributed by atoms with E-state index in [1.807, 2.05) is 17.6 Å². The molecular formula is C11H9FN2O. The highest BCUT2D eigenvalue weighted by molar-refractivity contribution is 5.53. The number of imidazole rings is 1. The maximum Gasteiger partial charge on any atom is 0.179 e. The molecule has 0 aliphatic carbocycles. The number of benzene rings is 1. The number of aromatic nitrogens is 2. The molecule has 0 unspecified atom stereocenters. The number of hydrogen-bond donors (Lipinski definition) is 0. The summed E-state index contributed by atoms with van der Waals surface area (Å²) in [6.07, 6.45) is 3.48. The van der Waals surface area contributed by atoms with Crippen molar-refractivity contribution in [3.8, 4) is 11.4 Å². The smallest absolute Gasteiger partial charge is 0.179 e. The van der Waals surface area contributed by atoms with Gasteiger partial charge in [-0.2, -0.15) is 0 Å². The molecule has 3 nitrogen and oxygen atoms in total. The molecule has 2 aromatic rings. The molecule has 1 aromatic heterocycles. The van der Waals surface area contributed by atoms with E-state index in [0.29, 0.717) is 23.6 Å². The van der Waals surface area contributed by atoms with Gasteiger partial charge in [0.15, 0.2) is 11.6 Å². The maximum atomic E-state index is 13.6. The fourth-order valence-corrected chi connectivity index (χ4v) is 1.81. The highest BCUT2D eigenvalue weighted by Gasteiger charge is 2.22. The fourth-order valence-electron chi connectivity index (χ4n) is 1.81. The molecule has 0 saturated carbocycles. The number of fused-ring (bicyclic) bond motifs is 2. The lowest BCUT2D eigenvalue weighted by Gasteiger charge is -2.07. The third-order valence-corrected chi connectivity index (χ3v) is 2.61. The molecule has 3 rings (SSSR count). The highest BCUT2D eigenvalue weighted by Crippen LogP contribution is 2.35. The summed E-state index contributed by atoms with van der Waals surface area (Å²) in [5.41, 5.74) is 1.33. The molecule has 2 bridgehead atoms. The van der Waals surface area contributed by atoms with Gasteiger partial charge in [0.1, 0.15) is 12.4 Å². The first-order valence-electron chi connectivity index (χ1n) is 4.72. The van der Waals surface area contributed by atoms with Gasteiger partial charge in [0.2, 0.25) is 0 Å². The number of aryl methyl sites for hydroxylation is 1. The van der Waals surface area contributed by atoms with Crippen molar-refractivity contribution in [3.63, 3.8) is 0 Å².